The van der Waals surface area contributed by atoms with E-state index < -0.39 is 18.1 Å². The molecule has 0 spiro atoms. The van der Waals surface area contributed by atoms with Crippen LogP contribution in [0.5, 0.6) is 0 Å². The van der Waals surface area contributed by atoms with Gasteiger partial charge in [0.25, 0.3) is 0 Å². The lowest BCUT2D eigenvalue weighted by molar-refractivity contribution is -0.136. The van der Waals surface area contributed by atoms with Crippen molar-refractivity contribution in [2.75, 3.05) is 13.1 Å². The van der Waals surface area contributed by atoms with Crippen molar-refractivity contribution in [1.29, 1.82) is 0 Å². The van der Waals surface area contributed by atoms with Crippen molar-refractivity contribution in [1.82, 2.24) is 40.2 Å². The summed E-state index contributed by atoms with van der Waals surface area (Å²) in [6.45, 7) is 1.74. The summed E-state index contributed by atoms with van der Waals surface area (Å²) in [5, 5.41) is 23.8. The van der Waals surface area contributed by atoms with E-state index in [0.29, 0.717) is 18.5 Å². The van der Waals surface area contributed by atoms with E-state index in [1.54, 1.807) is 72.5 Å². The molecule has 0 saturated heterocycles. The number of aliphatic carboxylic acids is 1. The van der Waals surface area contributed by atoms with Crippen LogP contribution < -0.4 is 10.6 Å². The Labute approximate surface area is 346 Å². The second kappa shape index (κ2) is 22.0. The van der Waals surface area contributed by atoms with Gasteiger partial charge in [-0.2, -0.15) is 10.2 Å². The van der Waals surface area contributed by atoms with Crippen LogP contribution in [0.4, 0.5) is 8.78 Å². The zero-order chi connectivity index (χ0) is 43.0. The van der Waals surface area contributed by atoms with E-state index in [1.807, 2.05) is 43.3 Å². The second-order valence-corrected chi connectivity index (χ2v) is 14.3. The molecule has 4 aromatic heterocycles. The quantitative estimate of drug-likeness (QED) is 0.0910. The largest absolute Gasteiger partial charge is 0.480 e. The smallest absolute Gasteiger partial charge is 0.317 e. The van der Waals surface area contributed by atoms with Gasteiger partial charge in [-0.1, -0.05) is 31.2 Å². The molecule has 0 bridgehead atoms. The van der Waals surface area contributed by atoms with Crippen LogP contribution >= 0.6 is 0 Å². The zero-order valence-electron chi connectivity index (χ0n) is 33.7. The van der Waals surface area contributed by atoms with Gasteiger partial charge in [0, 0.05) is 67.8 Å². The molecule has 312 valence electrons. The van der Waals surface area contributed by atoms with Crippen LogP contribution in [0, 0.1) is 11.6 Å². The van der Waals surface area contributed by atoms with Gasteiger partial charge in [-0.15, -0.1) is 0 Å². The minimum absolute atomic E-state index is 0.0436. The maximum absolute atomic E-state index is 13.3. The van der Waals surface area contributed by atoms with Gasteiger partial charge in [0.1, 0.15) is 17.4 Å². The minimum atomic E-state index is -1.05. The van der Waals surface area contributed by atoms with Gasteiger partial charge >= 0.3 is 5.97 Å². The van der Waals surface area contributed by atoms with Gasteiger partial charge in [-0.25, -0.2) is 8.78 Å². The van der Waals surface area contributed by atoms with Gasteiger partial charge in [0.05, 0.1) is 49.4 Å². The number of carbonyl (C=O) groups is 4. The fourth-order valence-electron chi connectivity index (χ4n) is 6.40. The SMILES string of the molecule is CCCC(=O)CN[C@@H](Cc1ccc(F)cc1)C(=O)Cc1cc(-c2ccncc2)nn1C.Cn1nc(-c2ccncc2)cc1CC(=O)[C@H](Cc1ccc(F)cc1)NCC(=O)O. The van der Waals surface area contributed by atoms with Crippen molar-refractivity contribution >= 4 is 23.3 Å². The molecule has 60 heavy (non-hydrogen) atoms. The van der Waals surface area contributed by atoms with Crippen LogP contribution in [0.1, 0.15) is 42.3 Å². The van der Waals surface area contributed by atoms with Crippen molar-refractivity contribution in [2.24, 2.45) is 14.1 Å². The first kappa shape index (κ1) is 44.5. The topological polar surface area (TPSA) is 174 Å². The van der Waals surface area contributed by atoms with Gasteiger partial charge in [0.15, 0.2) is 11.6 Å². The number of hydrogen-bond acceptors (Lipinski definition) is 10. The fourth-order valence-corrected chi connectivity index (χ4v) is 6.40. The minimum Gasteiger partial charge on any atom is -0.480 e. The highest BCUT2D eigenvalue weighted by Crippen LogP contribution is 2.20. The summed E-state index contributed by atoms with van der Waals surface area (Å²) >= 11 is 0. The first-order valence-corrected chi connectivity index (χ1v) is 19.5. The van der Waals surface area contributed by atoms with Crippen molar-refractivity contribution in [3.05, 3.63) is 144 Å². The molecule has 15 heteroatoms. The van der Waals surface area contributed by atoms with Gasteiger partial charge in [-0.3, -0.25) is 43.8 Å². The number of carbonyl (C=O) groups excluding carboxylic acids is 3. The number of benzene rings is 2. The molecule has 6 aromatic rings. The highest BCUT2D eigenvalue weighted by Gasteiger charge is 2.23. The molecule has 0 unspecified atom stereocenters. The maximum Gasteiger partial charge on any atom is 0.317 e. The molecule has 0 aliphatic heterocycles. The number of nitrogens with zero attached hydrogens (tertiary/aromatic N) is 6. The Morgan fingerprint density at radius 3 is 1.42 bits per heavy atom. The lowest BCUT2D eigenvalue weighted by Gasteiger charge is -2.18. The number of Topliss-reactive ketones (excluding diaryl/α,β-unsaturated/α-hetero) is 3. The number of halogens is 2. The second-order valence-electron chi connectivity index (χ2n) is 14.3. The number of carboxylic acid groups (broad SMARTS) is 1. The van der Waals surface area contributed by atoms with Crippen LogP contribution in [0.2, 0.25) is 0 Å². The Morgan fingerprint density at radius 1 is 0.633 bits per heavy atom. The molecule has 0 aliphatic rings. The molecule has 0 amide bonds. The van der Waals surface area contributed by atoms with Gasteiger partial charge < -0.3 is 10.4 Å². The summed E-state index contributed by atoms with van der Waals surface area (Å²) in [4.78, 5) is 57.0. The van der Waals surface area contributed by atoms with Crippen molar-refractivity contribution in [3.8, 4) is 22.5 Å². The third-order valence-electron chi connectivity index (χ3n) is 9.67. The van der Waals surface area contributed by atoms with E-state index in [4.69, 9.17) is 5.11 Å². The summed E-state index contributed by atoms with van der Waals surface area (Å²) in [5.74, 6) is -1.88. The lowest BCUT2D eigenvalue weighted by atomic mass is 9.99. The standard InChI is InChI=1S/C24H27FN4O2.C21H21FN4O3/c1-3-4-21(30)16-27-23(13-17-5-7-19(25)8-6-17)24(31)15-20-14-22(28-29(20)2)18-9-11-26-12-10-18;1-26-17(11-18(25-26)15-6-8-23-9-7-15)12-20(27)19(24-13-21(28)29)10-14-2-4-16(22)5-3-14/h5-12,14,23,27H,3-4,13,15-16H2,1-2H3;2-9,11,19,24H,10,12-13H2,1H3,(H,28,29)/t23-;19-/m00/s1. The van der Waals surface area contributed by atoms with Crippen molar-refractivity contribution in [3.63, 3.8) is 0 Å². The first-order valence-electron chi connectivity index (χ1n) is 19.5. The zero-order valence-corrected chi connectivity index (χ0v) is 33.7. The maximum atomic E-state index is 13.3. The Bertz CT molecular complexity index is 2330. The van der Waals surface area contributed by atoms with E-state index in [0.717, 1.165) is 45.8 Å². The molecule has 13 nitrogen and oxygen atoms in total. The Kier molecular flexibility index (Phi) is 16.3. The molecule has 0 aliphatic carbocycles. The molecule has 6 rings (SSSR count). The molecule has 0 saturated carbocycles. The lowest BCUT2D eigenvalue weighted by Crippen LogP contribution is -2.42. The van der Waals surface area contributed by atoms with Crippen molar-refractivity contribution in [2.45, 2.75) is 57.5 Å². The predicted octanol–water partition coefficient (Wildman–Crippen LogP) is 5.32. The van der Waals surface area contributed by atoms with Crippen molar-refractivity contribution < 1.29 is 33.1 Å². The average molecular weight is 819 g/mol. The summed E-state index contributed by atoms with van der Waals surface area (Å²) in [5.41, 5.74) is 6.38. The van der Waals surface area contributed by atoms with E-state index >= 15 is 0 Å². The third-order valence-corrected chi connectivity index (χ3v) is 9.67. The first-order chi connectivity index (χ1) is 28.9. The highest BCUT2D eigenvalue weighted by molar-refractivity contribution is 5.88. The molecular formula is C45H48F2N8O5. The number of hydrogen-bond donors (Lipinski definition) is 3. The number of aromatic nitrogens is 6. The third kappa shape index (κ3) is 13.5. The molecule has 2 aromatic carbocycles. The molecule has 2 atom stereocenters. The van der Waals surface area contributed by atoms with Crippen LogP contribution in [0.15, 0.2) is 110 Å². The van der Waals surface area contributed by atoms with Gasteiger partial charge in [0.2, 0.25) is 0 Å². The summed E-state index contributed by atoms with van der Waals surface area (Å²) in [7, 11) is 3.56. The monoisotopic (exact) mass is 818 g/mol. The molecule has 0 radical (unpaired) electrons. The number of ketones is 3. The number of rotatable bonds is 20. The average Bonchev–Trinajstić information content (AvgIpc) is 3.80. The number of aryl methyl sites for hydroxylation is 2. The van der Waals surface area contributed by atoms with Crippen LogP contribution in [-0.2, 0) is 59.0 Å². The Balaban J connectivity index is 0.000000228. The van der Waals surface area contributed by atoms with Crippen LogP contribution in [0.25, 0.3) is 22.5 Å². The normalized spacial score (nSPS) is 11.9. The van der Waals surface area contributed by atoms with E-state index in [2.05, 4.69) is 30.8 Å². The molecule has 0 fully saturated rings. The Morgan fingerprint density at radius 2 is 1.03 bits per heavy atom. The van der Waals surface area contributed by atoms with Gasteiger partial charge in [-0.05, 0) is 91.1 Å². The fraction of sp³-hybridized carbons (Fsp3) is 0.289. The molecule has 3 N–H and O–H groups in total. The van der Waals surface area contributed by atoms with Crippen LogP contribution in [0.3, 0.4) is 0 Å². The highest BCUT2D eigenvalue weighted by atomic mass is 19.1. The summed E-state index contributed by atoms with van der Waals surface area (Å²) in [6.07, 6.45) is 8.89. The molecule has 4 heterocycles. The number of nitrogens with one attached hydrogen (secondary N) is 2. The predicted molar refractivity (Wildman–Crippen MR) is 222 cm³/mol. The molecular weight excluding hydrogens is 771 g/mol. The Hall–Kier alpha value is -6.58. The summed E-state index contributed by atoms with van der Waals surface area (Å²) in [6, 6.07) is 21.7. The summed E-state index contributed by atoms with van der Waals surface area (Å²) < 4.78 is 29.7. The van der Waals surface area contributed by atoms with E-state index in [9.17, 15) is 28.0 Å². The van der Waals surface area contributed by atoms with Crippen LogP contribution in [-0.4, -0.2) is 83.1 Å². The van der Waals surface area contributed by atoms with E-state index in [-0.39, 0.29) is 61.3 Å². The number of carboxylic acids is 1. The number of pyridine rings is 2. The van der Waals surface area contributed by atoms with E-state index in [1.165, 1.54) is 24.3 Å².